The van der Waals surface area contributed by atoms with E-state index in [0.29, 0.717) is 23.1 Å². The van der Waals surface area contributed by atoms with Gasteiger partial charge in [0.15, 0.2) is 0 Å². The van der Waals surface area contributed by atoms with Crippen molar-refractivity contribution in [3.05, 3.63) is 57.5 Å². The smallest absolute Gasteiger partial charge is 0.336 e. The van der Waals surface area contributed by atoms with Gasteiger partial charge in [0, 0.05) is 22.4 Å². The summed E-state index contributed by atoms with van der Waals surface area (Å²) in [7, 11) is 0. The molecule has 0 unspecified atom stereocenters. The first kappa shape index (κ1) is 15.5. The van der Waals surface area contributed by atoms with Gasteiger partial charge in [-0.05, 0) is 48.9 Å². The Balaban J connectivity index is 1.60. The Kier molecular flexibility index (Phi) is 3.53. The second-order valence-electron chi connectivity index (χ2n) is 6.77. The van der Waals surface area contributed by atoms with Crippen molar-refractivity contribution in [1.29, 1.82) is 0 Å². The highest BCUT2D eigenvalue weighted by Gasteiger charge is 2.23. The van der Waals surface area contributed by atoms with Gasteiger partial charge < -0.3 is 9.15 Å². The lowest BCUT2D eigenvalue weighted by Crippen LogP contribution is -2.08. The van der Waals surface area contributed by atoms with Crippen molar-refractivity contribution in [2.24, 2.45) is 5.92 Å². The van der Waals surface area contributed by atoms with Crippen LogP contribution in [0.1, 0.15) is 23.8 Å². The molecule has 1 aliphatic carbocycles. The topological polar surface area (TPSA) is 65.2 Å². The highest BCUT2D eigenvalue weighted by molar-refractivity contribution is 7.18. The molecule has 1 atom stereocenters. The zero-order valence-corrected chi connectivity index (χ0v) is 15.0. The van der Waals surface area contributed by atoms with E-state index in [0.717, 1.165) is 28.4 Å². The summed E-state index contributed by atoms with van der Waals surface area (Å²) in [6, 6.07) is 8.61. The van der Waals surface area contributed by atoms with Crippen LogP contribution in [0.15, 0.2) is 45.9 Å². The summed E-state index contributed by atoms with van der Waals surface area (Å²) in [5, 5.41) is 1.88. The van der Waals surface area contributed by atoms with Gasteiger partial charge in [0.2, 0.25) is 5.88 Å². The molecule has 5 rings (SSSR count). The molecule has 0 amide bonds. The number of ether oxygens (including phenoxy) is 1. The molecule has 26 heavy (non-hydrogen) atoms. The zero-order valence-electron chi connectivity index (χ0n) is 14.2. The second kappa shape index (κ2) is 5.92. The molecule has 1 aromatic carbocycles. The van der Waals surface area contributed by atoms with Crippen molar-refractivity contribution < 1.29 is 9.15 Å². The third-order valence-corrected chi connectivity index (χ3v) is 6.03. The molecule has 130 valence electrons. The molecular formula is C20H16N2O3S. The van der Waals surface area contributed by atoms with Crippen molar-refractivity contribution in [3.63, 3.8) is 0 Å². The molecule has 5 nitrogen and oxygen atoms in total. The molecule has 0 bridgehead atoms. The average Bonchev–Trinajstić information content (AvgIpc) is 2.99. The predicted molar refractivity (Wildman–Crippen MR) is 101 cm³/mol. The maximum absolute atomic E-state index is 11.5. The lowest BCUT2D eigenvalue weighted by Gasteiger charge is -2.18. The highest BCUT2D eigenvalue weighted by Crippen LogP contribution is 2.41. The fourth-order valence-electron chi connectivity index (χ4n) is 3.54. The van der Waals surface area contributed by atoms with Crippen LogP contribution in [0.2, 0.25) is 0 Å². The van der Waals surface area contributed by atoms with Crippen LogP contribution in [0, 0.1) is 5.92 Å². The van der Waals surface area contributed by atoms with E-state index in [1.54, 1.807) is 29.8 Å². The standard InChI is InChI=1S/C20H16N2O3S/c1-11-2-6-14-16(8-11)26-20-18(14)19(21-10-22-20)24-13-5-3-12-4-7-17(23)25-15(12)9-13/h3-5,7,9-11H,2,6,8H2,1H3/t11-/m0/s1. The van der Waals surface area contributed by atoms with Crippen molar-refractivity contribution in [2.75, 3.05) is 0 Å². The number of fused-ring (bicyclic) bond motifs is 4. The van der Waals surface area contributed by atoms with Crippen molar-refractivity contribution in [3.8, 4) is 11.6 Å². The summed E-state index contributed by atoms with van der Waals surface area (Å²) >= 11 is 1.74. The number of benzene rings is 1. The predicted octanol–water partition coefficient (Wildman–Crippen LogP) is 4.71. The molecule has 6 heteroatoms. The van der Waals surface area contributed by atoms with Gasteiger partial charge in [-0.25, -0.2) is 14.8 Å². The van der Waals surface area contributed by atoms with E-state index in [1.165, 1.54) is 22.9 Å². The second-order valence-corrected chi connectivity index (χ2v) is 7.85. The van der Waals surface area contributed by atoms with Crippen LogP contribution in [0.5, 0.6) is 11.6 Å². The fraction of sp³-hybridized carbons (Fsp3) is 0.250. The number of aromatic nitrogens is 2. The largest absolute Gasteiger partial charge is 0.438 e. The van der Waals surface area contributed by atoms with Crippen LogP contribution < -0.4 is 10.4 Å². The minimum absolute atomic E-state index is 0.375. The van der Waals surface area contributed by atoms with Gasteiger partial charge in [-0.3, -0.25) is 0 Å². The summed E-state index contributed by atoms with van der Waals surface area (Å²) in [6.45, 7) is 2.29. The number of hydrogen-bond donors (Lipinski definition) is 0. The number of nitrogens with zero attached hydrogens (tertiary/aromatic N) is 2. The minimum Gasteiger partial charge on any atom is -0.438 e. The van der Waals surface area contributed by atoms with Crippen LogP contribution in [0.25, 0.3) is 21.2 Å². The summed E-state index contributed by atoms with van der Waals surface area (Å²) in [5.74, 6) is 1.87. The molecule has 0 fully saturated rings. The molecular weight excluding hydrogens is 348 g/mol. The molecule has 0 radical (unpaired) electrons. The number of hydrogen-bond acceptors (Lipinski definition) is 6. The van der Waals surface area contributed by atoms with E-state index in [4.69, 9.17) is 9.15 Å². The van der Waals surface area contributed by atoms with Gasteiger partial charge in [-0.2, -0.15) is 0 Å². The molecule has 0 N–H and O–H groups in total. The zero-order chi connectivity index (χ0) is 17.7. The third kappa shape index (κ3) is 2.57. The van der Waals surface area contributed by atoms with E-state index in [2.05, 4.69) is 16.9 Å². The van der Waals surface area contributed by atoms with Gasteiger partial charge >= 0.3 is 5.63 Å². The Morgan fingerprint density at radius 3 is 3.04 bits per heavy atom. The van der Waals surface area contributed by atoms with Crippen LogP contribution >= 0.6 is 11.3 Å². The quantitative estimate of drug-likeness (QED) is 0.482. The Labute approximate surface area is 153 Å². The summed E-state index contributed by atoms with van der Waals surface area (Å²) in [6.07, 6.45) is 4.85. The number of thiophene rings is 1. The van der Waals surface area contributed by atoms with Gasteiger partial charge in [0.1, 0.15) is 22.5 Å². The fourth-order valence-corrected chi connectivity index (χ4v) is 4.88. The SMILES string of the molecule is C[C@H]1CCc2c(sc3ncnc(Oc4ccc5ccc(=O)oc5c4)c23)C1. The maximum Gasteiger partial charge on any atom is 0.336 e. The van der Waals surface area contributed by atoms with E-state index in [-0.39, 0.29) is 5.63 Å². The molecule has 0 saturated heterocycles. The summed E-state index contributed by atoms with van der Waals surface area (Å²) in [5.41, 5.74) is 1.45. The molecule has 0 spiro atoms. The van der Waals surface area contributed by atoms with Crippen LogP contribution in [-0.4, -0.2) is 9.97 Å². The summed E-state index contributed by atoms with van der Waals surface area (Å²) < 4.78 is 11.3. The van der Waals surface area contributed by atoms with Crippen LogP contribution in [-0.2, 0) is 12.8 Å². The summed E-state index contributed by atoms with van der Waals surface area (Å²) in [4.78, 5) is 22.6. The maximum atomic E-state index is 11.5. The van der Waals surface area contributed by atoms with Gasteiger partial charge in [-0.15, -0.1) is 11.3 Å². The van der Waals surface area contributed by atoms with Crippen molar-refractivity contribution in [1.82, 2.24) is 9.97 Å². The molecule has 3 heterocycles. The van der Waals surface area contributed by atoms with Gasteiger partial charge in [0.25, 0.3) is 0 Å². The molecule has 0 saturated carbocycles. The molecule has 0 aliphatic heterocycles. The lowest BCUT2D eigenvalue weighted by atomic mass is 9.89. The molecule has 3 aromatic heterocycles. The normalized spacial score (nSPS) is 16.7. The Bertz CT molecular complexity index is 1190. The first-order valence-electron chi connectivity index (χ1n) is 8.64. The van der Waals surface area contributed by atoms with Crippen molar-refractivity contribution in [2.45, 2.75) is 26.2 Å². The van der Waals surface area contributed by atoms with E-state index >= 15 is 0 Å². The van der Waals surface area contributed by atoms with Gasteiger partial charge in [-0.1, -0.05) is 6.92 Å². The molecule has 4 aromatic rings. The number of aryl methyl sites for hydroxylation is 1. The lowest BCUT2D eigenvalue weighted by molar-refractivity contribution is 0.464. The van der Waals surface area contributed by atoms with Crippen molar-refractivity contribution >= 4 is 32.5 Å². The average molecular weight is 364 g/mol. The number of rotatable bonds is 2. The third-order valence-electron chi connectivity index (χ3n) is 4.87. The first-order chi connectivity index (χ1) is 12.7. The monoisotopic (exact) mass is 364 g/mol. The Morgan fingerprint density at radius 1 is 1.23 bits per heavy atom. The first-order valence-corrected chi connectivity index (χ1v) is 9.46. The molecule has 1 aliphatic rings. The van der Waals surface area contributed by atoms with E-state index in [9.17, 15) is 4.79 Å². The van der Waals surface area contributed by atoms with Crippen LogP contribution in [0.4, 0.5) is 0 Å². The van der Waals surface area contributed by atoms with Crippen LogP contribution in [0.3, 0.4) is 0 Å². The highest BCUT2D eigenvalue weighted by atomic mass is 32.1. The van der Waals surface area contributed by atoms with E-state index < -0.39 is 0 Å². The van der Waals surface area contributed by atoms with E-state index in [1.807, 2.05) is 12.1 Å². The Morgan fingerprint density at radius 2 is 2.12 bits per heavy atom. The van der Waals surface area contributed by atoms with Gasteiger partial charge in [0.05, 0.1) is 5.39 Å². The Hall–Kier alpha value is -2.73. The minimum atomic E-state index is -0.375.